The minimum atomic E-state index is -0.609. The quantitative estimate of drug-likeness (QED) is 0.374. The lowest BCUT2D eigenvalue weighted by molar-refractivity contribution is 0.619. The molecule has 1 radical (unpaired) electrons. The molecule has 1 fully saturated rings. The summed E-state index contributed by atoms with van der Waals surface area (Å²) in [4.78, 5) is 0. The van der Waals surface area contributed by atoms with E-state index in [2.05, 4.69) is 6.92 Å². The van der Waals surface area contributed by atoms with E-state index in [0.717, 1.165) is 6.42 Å². The molecule has 1 aliphatic carbocycles. The lowest BCUT2D eigenvalue weighted by Crippen LogP contribution is -2.40. The normalized spacial score (nSPS) is 42.0. The summed E-state index contributed by atoms with van der Waals surface area (Å²) in [5.41, 5.74) is 15.8. The van der Waals surface area contributed by atoms with Gasteiger partial charge in [0.2, 0.25) is 0 Å². The van der Waals surface area contributed by atoms with Crippen LogP contribution in [0.5, 0.6) is 0 Å². The topological polar surface area (TPSA) is 78.1 Å². The van der Waals surface area contributed by atoms with Crippen LogP contribution in [0.1, 0.15) is 6.42 Å². The fraction of sp³-hybridized carbons (Fsp3) is 0.800. The molecular formula is C5H12N3. The Morgan fingerprint density at radius 3 is 1.88 bits per heavy atom. The first-order valence-corrected chi connectivity index (χ1v) is 2.73. The van der Waals surface area contributed by atoms with E-state index < -0.39 is 5.66 Å². The summed E-state index contributed by atoms with van der Waals surface area (Å²) in [6.45, 7) is 3.65. The van der Waals surface area contributed by atoms with Crippen LogP contribution < -0.4 is 17.2 Å². The highest BCUT2D eigenvalue weighted by molar-refractivity contribution is 5.15. The van der Waals surface area contributed by atoms with E-state index in [0.29, 0.717) is 0 Å². The molecule has 47 valence electrons. The number of nitrogens with two attached hydrogens (primary N) is 3. The van der Waals surface area contributed by atoms with Gasteiger partial charge in [-0.1, -0.05) is 6.92 Å². The minimum absolute atomic E-state index is 0.0278. The van der Waals surface area contributed by atoms with Gasteiger partial charge in [0.05, 0.1) is 5.66 Å². The molecule has 3 heteroatoms. The van der Waals surface area contributed by atoms with Crippen LogP contribution in [0, 0.1) is 12.8 Å². The molecule has 0 saturated heterocycles. The van der Waals surface area contributed by atoms with Crippen molar-refractivity contribution >= 4 is 0 Å². The van der Waals surface area contributed by atoms with E-state index >= 15 is 0 Å². The molecule has 3 nitrogen and oxygen atoms in total. The molecule has 2 unspecified atom stereocenters. The predicted molar refractivity (Wildman–Crippen MR) is 32.5 cm³/mol. The molecule has 0 spiro atoms. The monoisotopic (exact) mass is 114 g/mol. The van der Waals surface area contributed by atoms with Crippen LogP contribution in [0.2, 0.25) is 0 Å². The molecule has 0 amide bonds. The van der Waals surface area contributed by atoms with Crippen LogP contribution in [-0.2, 0) is 0 Å². The lowest BCUT2D eigenvalue weighted by atomic mass is 10.3. The van der Waals surface area contributed by atoms with Gasteiger partial charge in [-0.25, -0.2) is 0 Å². The molecule has 0 aliphatic heterocycles. The van der Waals surface area contributed by atoms with Crippen molar-refractivity contribution in [2.75, 3.05) is 0 Å². The first-order chi connectivity index (χ1) is 3.60. The van der Waals surface area contributed by atoms with E-state index in [1.165, 1.54) is 0 Å². The van der Waals surface area contributed by atoms with E-state index in [4.69, 9.17) is 17.2 Å². The second-order valence-corrected chi connectivity index (χ2v) is 2.42. The van der Waals surface area contributed by atoms with Gasteiger partial charge in [-0.05, 0) is 6.42 Å². The zero-order chi connectivity index (χ0) is 6.36. The van der Waals surface area contributed by atoms with Crippen molar-refractivity contribution in [2.24, 2.45) is 23.1 Å². The van der Waals surface area contributed by atoms with Gasteiger partial charge in [0.15, 0.2) is 0 Å². The van der Waals surface area contributed by atoms with Gasteiger partial charge < -0.3 is 17.2 Å². The number of hydrogen-bond donors (Lipinski definition) is 3. The molecule has 1 rings (SSSR count). The van der Waals surface area contributed by atoms with Crippen molar-refractivity contribution in [2.45, 2.75) is 18.1 Å². The summed E-state index contributed by atoms with van der Waals surface area (Å²) in [6, 6.07) is -0.0278. The summed E-state index contributed by atoms with van der Waals surface area (Å²) >= 11 is 0. The Morgan fingerprint density at radius 1 is 1.50 bits per heavy atom. The van der Waals surface area contributed by atoms with Crippen molar-refractivity contribution in [3.05, 3.63) is 6.92 Å². The van der Waals surface area contributed by atoms with Gasteiger partial charge in [-0.15, -0.1) is 0 Å². The average Bonchev–Trinajstić information content (AvgIpc) is 2.09. The van der Waals surface area contributed by atoms with Gasteiger partial charge in [0.1, 0.15) is 0 Å². The Bertz CT molecular complexity index is 99.8. The highest BCUT2D eigenvalue weighted by Crippen LogP contribution is 2.36. The second kappa shape index (κ2) is 1.43. The fourth-order valence-electron chi connectivity index (χ4n) is 0.965. The smallest absolute Gasteiger partial charge is 0.0841 e. The Hall–Kier alpha value is -0.120. The summed E-state index contributed by atoms with van der Waals surface area (Å²) in [6.07, 6.45) is 0.744. The standard InChI is InChI=1S/C5H12N3/c1-2-3-4(6)5(3,7)8/h3-4H,1-2,6-8H2. The third-order valence-electron chi connectivity index (χ3n) is 1.85. The van der Waals surface area contributed by atoms with Gasteiger partial charge in [0, 0.05) is 12.0 Å². The Morgan fingerprint density at radius 2 is 1.88 bits per heavy atom. The van der Waals surface area contributed by atoms with Crippen LogP contribution in [0.4, 0.5) is 0 Å². The number of rotatable bonds is 1. The van der Waals surface area contributed by atoms with Crippen LogP contribution in [0.15, 0.2) is 0 Å². The Labute approximate surface area is 49.2 Å². The van der Waals surface area contributed by atoms with Crippen molar-refractivity contribution in [3.8, 4) is 0 Å². The van der Waals surface area contributed by atoms with E-state index in [1.807, 2.05) is 0 Å². The van der Waals surface area contributed by atoms with E-state index in [-0.39, 0.29) is 12.0 Å². The zero-order valence-electron chi connectivity index (χ0n) is 4.80. The molecule has 1 saturated carbocycles. The highest BCUT2D eigenvalue weighted by atomic mass is 15.1. The molecule has 6 N–H and O–H groups in total. The minimum Gasteiger partial charge on any atom is -0.325 e. The van der Waals surface area contributed by atoms with Crippen molar-refractivity contribution in [1.29, 1.82) is 0 Å². The Balaban J connectivity index is 2.45. The van der Waals surface area contributed by atoms with Crippen LogP contribution >= 0.6 is 0 Å². The predicted octanol–water partition coefficient (Wildman–Crippen LogP) is -1.22. The van der Waals surface area contributed by atoms with Crippen molar-refractivity contribution < 1.29 is 0 Å². The fourth-order valence-corrected chi connectivity index (χ4v) is 0.965. The van der Waals surface area contributed by atoms with Crippen LogP contribution in [-0.4, -0.2) is 11.7 Å². The van der Waals surface area contributed by atoms with Gasteiger partial charge in [-0.2, -0.15) is 0 Å². The summed E-state index contributed by atoms with van der Waals surface area (Å²) in [7, 11) is 0. The van der Waals surface area contributed by atoms with E-state index in [9.17, 15) is 0 Å². The molecule has 0 heterocycles. The third-order valence-corrected chi connectivity index (χ3v) is 1.85. The van der Waals surface area contributed by atoms with Gasteiger partial charge in [-0.3, -0.25) is 0 Å². The van der Waals surface area contributed by atoms with Crippen LogP contribution in [0.25, 0.3) is 0 Å². The van der Waals surface area contributed by atoms with Gasteiger partial charge in [0.25, 0.3) is 0 Å². The first-order valence-electron chi connectivity index (χ1n) is 2.73. The first kappa shape index (κ1) is 6.01. The number of hydrogen-bond acceptors (Lipinski definition) is 3. The molecule has 0 aromatic rings. The van der Waals surface area contributed by atoms with Gasteiger partial charge >= 0.3 is 0 Å². The molecule has 1 aliphatic rings. The highest BCUT2D eigenvalue weighted by Gasteiger charge is 2.56. The molecule has 2 atom stereocenters. The maximum absolute atomic E-state index is 5.48. The summed E-state index contributed by atoms with van der Waals surface area (Å²) < 4.78 is 0. The molecule has 0 aromatic heterocycles. The average molecular weight is 114 g/mol. The molecule has 0 bridgehead atoms. The lowest BCUT2D eigenvalue weighted by Gasteiger charge is -1.97. The van der Waals surface area contributed by atoms with E-state index in [1.54, 1.807) is 0 Å². The van der Waals surface area contributed by atoms with Crippen molar-refractivity contribution in [1.82, 2.24) is 0 Å². The molecule has 8 heavy (non-hydrogen) atoms. The van der Waals surface area contributed by atoms with Crippen LogP contribution in [0.3, 0.4) is 0 Å². The summed E-state index contributed by atoms with van der Waals surface area (Å²) in [5.74, 6) is 0.238. The molecular weight excluding hydrogens is 102 g/mol. The van der Waals surface area contributed by atoms with Crippen molar-refractivity contribution in [3.63, 3.8) is 0 Å². The maximum Gasteiger partial charge on any atom is 0.0841 e. The maximum atomic E-state index is 5.48. The Kier molecular flexibility index (Phi) is 1.08. The summed E-state index contributed by atoms with van der Waals surface area (Å²) in [5, 5.41) is 0. The molecule has 0 aromatic carbocycles. The third kappa shape index (κ3) is 0.555. The SMILES string of the molecule is [CH2]CC1C(N)C1(N)N. The zero-order valence-corrected chi connectivity index (χ0v) is 4.80. The second-order valence-electron chi connectivity index (χ2n) is 2.42. The largest absolute Gasteiger partial charge is 0.325 e.